The summed E-state index contributed by atoms with van der Waals surface area (Å²) >= 11 is 0. The Bertz CT molecular complexity index is 772. The molecule has 0 aliphatic rings. The average molecular weight is 295 g/mol. The molecule has 0 radical (unpaired) electrons. The van der Waals surface area contributed by atoms with Crippen LogP contribution in [0.3, 0.4) is 0 Å². The summed E-state index contributed by atoms with van der Waals surface area (Å²) in [6.45, 7) is 3.62. The first kappa shape index (κ1) is 14.7. The lowest BCUT2D eigenvalue weighted by Crippen LogP contribution is -2.06. The normalized spacial score (nSPS) is 11.0. The number of aromatic nitrogens is 1. The van der Waals surface area contributed by atoms with E-state index in [9.17, 15) is 0 Å². The van der Waals surface area contributed by atoms with Crippen LogP contribution < -0.4 is 4.74 Å². The Balaban J connectivity index is 2.05. The van der Waals surface area contributed by atoms with E-state index in [1.807, 2.05) is 12.1 Å². The van der Waals surface area contributed by atoms with Gasteiger partial charge in [0.25, 0.3) is 0 Å². The zero-order valence-electron chi connectivity index (χ0n) is 13.3. The van der Waals surface area contributed by atoms with E-state index in [0.717, 1.165) is 12.3 Å². The lowest BCUT2D eigenvalue weighted by molar-refractivity contribution is 0.178. The number of ether oxygens (including phenoxy) is 2. The molecule has 0 saturated heterocycles. The monoisotopic (exact) mass is 295 g/mol. The van der Waals surface area contributed by atoms with Crippen LogP contribution >= 0.6 is 0 Å². The van der Waals surface area contributed by atoms with Gasteiger partial charge in [-0.25, -0.2) is 0 Å². The molecule has 1 aromatic heterocycles. The highest BCUT2D eigenvalue weighted by atomic mass is 16.5. The number of methoxy groups -OCH3 is 2. The van der Waals surface area contributed by atoms with Crippen LogP contribution in [-0.4, -0.2) is 18.8 Å². The third-order valence-corrected chi connectivity index (χ3v) is 4.14. The van der Waals surface area contributed by atoms with Crippen LogP contribution in [0.4, 0.5) is 0 Å². The Kier molecular flexibility index (Phi) is 4.16. The molecule has 0 N–H and O–H groups in total. The standard InChI is InChI=1S/C19H21NO2/c1-14-17-6-4-5-7-18(17)20(19(14)13-21-2)12-15-8-10-16(22-3)11-9-15/h4-11H,12-13H2,1-3H3. The lowest BCUT2D eigenvalue weighted by Gasteiger charge is -2.12. The molecule has 2 aromatic carbocycles. The Morgan fingerprint density at radius 3 is 2.36 bits per heavy atom. The third-order valence-electron chi connectivity index (χ3n) is 4.14. The predicted octanol–water partition coefficient (Wildman–Crippen LogP) is 4.15. The molecule has 0 unspecified atom stereocenters. The van der Waals surface area contributed by atoms with Crippen molar-refractivity contribution in [3.8, 4) is 5.75 Å². The first-order valence-electron chi connectivity index (χ1n) is 7.43. The van der Waals surface area contributed by atoms with Gasteiger partial charge in [0.15, 0.2) is 0 Å². The zero-order chi connectivity index (χ0) is 15.5. The molecular weight excluding hydrogens is 274 g/mol. The van der Waals surface area contributed by atoms with Gasteiger partial charge in [-0.05, 0) is 36.2 Å². The average Bonchev–Trinajstić information content (AvgIpc) is 2.82. The number of fused-ring (bicyclic) bond motifs is 1. The van der Waals surface area contributed by atoms with Crippen LogP contribution in [0.15, 0.2) is 48.5 Å². The summed E-state index contributed by atoms with van der Waals surface area (Å²) in [5.74, 6) is 0.884. The summed E-state index contributed by atoms with van der Waals surface area (Å²) in [4.78, 5) is 0. The molecule has 22 heavy (non-hydrogen) atoms. The van der Waals surface area contributed by atoms with E-state index in [1.54, 1.807) is 14.2 Å². The van der Waals surface area contributed by atoms with Crippen LogP contribution in [0.1, 0.15) is 16.8 Å². The van der Waals surface area contributed by atoms with Crippen molar-refractivity contribution in [2.24, 2.45) is 0 Å². The summed E-state index contributed by atoms with van der Waals surface area (Å²) in [5, 5.41) is 1.29. The molecule has 0 bridgehead atoms. The molecule has 114 valence electrons. The second-order valence-corrected chi connectivity index (χ2v) is 5.46. The van der Waals surface area contributed by atoms with Gasteiger partial charge < -0.3 is 14.0 Å². The van der Waals surface area contributed by atoms with E-state index in [4.69, 9.17) is 9.47 Å². The molecule has 0 spiro atoms. The molecule has 3 heteroatoms. The first-order chi connectivity index (χ1) is 10.7. The molecule has 0 aliphatic heterocycles. The van der Waals surface area contributed by atoms with Gasteiger partial charge in [0, 0.05) is 30.3 Å². The Morgan fingerprint density at radius 2 is 1.68 bits per heavy atom. The van der Waals surface area contributed by atoms with Crippen LogP contribution in [0.2, 0.25) is 0 Å². The first-order valence-corrected chi connectivity index (χ1v) is 7.43. The Labute approximate surface area is 131 Å². The highest BCUT2D eigenvalue weighted by Crippen LogP contribution is 2.27. The molecule has 3 aromatic rings. The second-order valence-electron chi connectivity index (χ2n) is 5.46. The maximum atomic E-state index is 5.41. The smallest absolute Gasteiger partial charge is 0.118 e. The molecule has 0 saturated carbocycles. The van der Waals surface area contributed by atoms with Gasteiger partial charge in [-0.3, -0.25) is 0 Å². The second kappa shape index (κ2) is 6.24. The number of aryl methyl sites for hydroxylation is 1. The molecule has 3 rings (SSSR count). The van der Waals surface area contributed by atoms with Crippen molar-refractivity contribution >= 4 is 10.9 Å². The maximum absolute atomic E-state index is 5.41. The van der Waals surface area contributed by atoms with Crippen LogP contribution in [0.25, 0.3) is 10.9 Å². The highest BCUT2D eigenvalue weighted by Gasteiger charge is 2.13. The van der Waals surface area contributed by atoms with Gasteiger partial charge in [-0.15, -0.1) is 0 Å². The van der Waals surface area contributed by atoms with Crippen LogP contribution in [0, 0.1) is 6.92 Å². The van der Waals surface area contributed by atoms with E-state index in [2.05, 4.69) is 47.9 Å². The van der Waals surface area contributed by atoms with Crippen molar-refractivity contribution in [1.29, 1.82) is 0 Å². The number of rotatable bonds is 5. The number of hydrogen-bond acceptors (Lipinski definition) is 2. The van der Waals surface area contributed by atoms with Crippen LogP contribution in [0.5, 0.6) is 5.75 Å². The molecule has 0 atom stereocenters. The van der Waals surface area contributed by atoms with Crippen molar-refractivity contribution < 1.29 is 9.47 Å². The minimum absolute atomic E-state index is 0.622. The fourth-order valence-corrected chi connectivity index (χ4v) is 2.95. The molecule has 0 amide bonds. The molecular formula is C19H21NO2. The topological polar surface area (TPSA) is 23.4 Å². The van der Waals surface area contributed by atoms with Gasteiger partial charge in [-0.1, -0.05) is 30.3 Å². The molecule has 0 aliphatic carbocycles. The number of hydrogen-bond donors (Lipinski definition) is 0. The SMILES string of the molecule is COCc1c(C)c2ccccc2n1Cc1ccc(OC)cc1. The highest BCUT2D eigenvalue weighted by molar-refractivity contribution is 5.85. The summed E-state index contributed by atoms with van der Waals surface area (Å²) < 4.78 is 13.0. The van der Waals surface area contributed by atoms with E-state index in [-0.39, 0.29) is 0 Å². The summed E-state index contributed by atoms with van der Waals surface area (Å²) in [6, 6.07) is 16.7. The van der Waals surface area contributed by atoms with E-state index >= 15 is 0 Å². The third kappa shape index (κ3) is 2.60. The minimum atomic E-state index is 0.622. The van der Waals surface area contributed by atoms with E-state index < -0.39 is 0 Å². The summed E-state index contributed by atoms with van der Waals surface area (Å²) in [7, 11) is 3.43. The summed E-state index contributed by atoms with van der Waals surface area (Å²) in [6.07, 6.45) is 0. The minimum Gasteiger partial charge on any atom is -0.497 e. The molecule has 1 heterocycles. The zero-order valence-corrected chi connectivity index (χ0v) is 13.3. The number of nitrogens with zero attached hydrogens (tertiary/aromatic N) is 1. The van der Waals surface area contributed by atoms with Crippen molar-refractivity contribution in [1.82, 2.24) is 4.57 Å². The van der Waals surface area contributed by atoms with Crippen molar-refractivity contribution in [2.45, 2.75) is 20.1 Å². The molecule has 3 nitrogen and oxygen atoms in total. The largest absolute Gasteiger partial charge is 0.497 e. The lowest BCUT2D eigenvalue weighted by atomic mass is 10.1. The van der Waals surface area contributed by atoms with Gasteiger partial charge >= 0.3 is 0 Å². The van der Waals surface area contributed by atoms with Gasteiger partial charge in [-0.2, -0.15) is 0 Å². The molecule has 0 fully saturated rings. The Morgan fingerprint density at radius 1 is 0.955 bits per heavy atom. The number of benzene rings is 2. The Hall–Kier alpha value is -2.26. The van der Waals surface area contributed by atoms with Crippen molar-refractivity contribution in [2.75, 3.05) is 14.2 Å². The maximum Gasteiger partial charge on any atom is 0.118 e. The quantitative estimate of drug-likeness (QED) is 0.706. The van der Waals surface area contributed by atoms with Gasteiger partial charge in [0.1, 0.15) is 5.75 Å². The summed E-state index contributed by atoms with van der Waals surface area (Å²) in [5.41, 5.74) is 5.03. The fourth-order valence-electron chi connectivity index (χ4n) is 2.95. The predicted molar refractivity (Wildman–Crippen MR) is 89.5 cm³/mol. The van der Waals surface area contributed by atoms with E-state index in [0.29, 0.717) is 6.61 Å². The van der Waals surface area contributed by atoms with Gasteiger partial charge in [0.05, 0.1) is 13.7 Å². The van der Waals surface area contributed by atoms with Crippen molar-refractivity contribution in [3.63, 3.8) is 0 Å². The number of para-hydroxylation sites is 1. The van der Waals surface area contributed by atoms with Crippen molar-refractivity contribution in [3.05, 3.63) is 65.4 Å². The van der Waals surface area contributed by atoms with Gasteiger partial charge in [0.2, 0.25) is 0 Å². The van der Waals surface area contributed by atoms with E-state index in [1.165, 1.54) is 27.7 Å². The fraction of sp³-hybridized carbons (Fsp3) is 0.263. The van der Waals surface area contributed by atoms with Crippen LogP contribution in [-0.2, 0) is 17.9 Å².